The van der Waals surface area contributed by atoms with Crippen molar-refractivity contribution in [3.05, 3.63) is 0 Å². The van der Waals surface area contributed by atoms with Crippen LogP contribution in [-0.2, 0) is 33.3 Å². The van der Waals surface area contributed by atoms with Gasteiger partial charge in [-0.15, -0.1) is 0 Å². The summed E-state index contributed by atoms with van der Waals surface area (Å²) >= 11 is 0. The van der Waals surface area contributed by atoms with E-state index in [2.05, 4.69) is 31.9 Å². The summed E-state index contributed by atoms with van der Waals surface area (Å²) in [5.74, 6) is -1.16. The van der Waals surface area contributed by atoms with Gasteiger partial charge in [-0.2, -0.15) is 0 Å². The lowest BCUT2D eigenvalue weighted by molar-refractivity contribution is -0.122. The predicted molar refractivity (Wildman–Crippen MR) is 206 cm³/mol. The molecule has 0 aliphatic heterocycles. The standard InChI is InChI=1S/C35H72N10O9/c1-40-30(32(39)47)15-5-7-17-42-19-10-12-27(11-9-18-41-16-6-3-13-28(36)31(38)46)54-35(50)45-22-21-43-33(48)29(37)14-4-8-20-44-34(49)53-26-25-52-24-23-51-2/h27-30,40-42H,3-26,36-37H2,1-2H3,(H2,38,46)(H2,39,47)(H,43,48)(H,44,49)(H,45,50). The average Bonchev–Trinajstić information content (AvgIpc) is 3.14. The summed E-state index contributed by atoms with van der Waals surface area (Å²) in [5, 5.41) is 17.8. The number of methoxy groups -OCH3 is 1. The van der Waals surface area contributed by atoms with E-state index in [1.807, 2.05) is 0 Å². The van der Waals surface area contributed by atoms with E-state index in [1.54, 1.807) is 14.2 Å². The van der Waals surface area contributed by atoms with Gasteiger partial charge in [0.05, 0.1) is 37.9 Å². The summed E-state index contributed by atoms with van der Waals surface area (Å²) in [6.07, 6.45) is 8.01. The number of nitrogens with two attached hydrogens (primary N) is 4. The van der Waals surface area contributed by atoms with E-state index in [-0.39, 0.29) is 50.3 Å². The van der Waals surface area contributed by atoms with Gasteiger partial charge in [0, 0.05) is 26.7 Å². The fourth-order valence-corrected chi connectivity index (χ4v) is 5.18. The quantitative estimate of drug-likeness (QED) is 0.0341. The van der Waals surface area contributed by atoms with Crippen LogP contribution in [-0.4, -0.2) is 141 Å². The maximum atomic E-state index is 12.6. The van der Waals surface area contributed by atoms with Crippen LogP contribution in [0.2, 0.25) is 0 Å². The summed E-state index contributed by atoms with van der Waals surface area (Å²) in [5.41, 5.74) is 22.2. The SMILES string of the molecule is CNC(CCCCNCCCC(CCCNCCCCC(N)C(N)=O)OC(=O)NCCNC(=O)C(N)CCCCNC(=O)OCCOCCOC)C(N)=O. The van der Waals surface area contributed by atoms with Gasteiger partial charge in [0.1, 0.15) is 12.7 Å². The molecule has 0 aromatic heterocycles. The molecule has 0 aliphatic carbocycles. The molecule has 0 radical (unpaired) electrons. The predicted octanol–water partition coefficient (Wildman–Crippen LogP) is -0.950. The van der Waals surface area contributed by atoms with Crippen LogP contribution in [0.4, 0.5) is 9.59 Å². The third-order valence-electron chi connectivity index (χ3n) is 8.44. The molecule has 0 aromatic carbocycles. The molecule has 0 aromatic rings. The first-order chi connectivity index (χ1) is 26.0. The van der Waals surface area contributed by atoms with Crippen molar-refractivity contribution in [3.63, 3.8) is 0 Å². The Morgan fingerprint density at radius 2 is 1.09 bits per heavy atom. The molecule has 5 amide bonds. The van der Waals surface area contributed by atoms with Gasteiger partial charge in [-0.1, -0.05) is 12.8 Å². The van der Waals surface area contributed by atoms with Crippen LogP contribution in [0.3, 0.4) is 0 Å². The van der Waals surface area contributed by atoms with Gasteiger partial charge in [0.15, 0.2) is 0 Å². The Balaban J connectivity index is 4.36. The van der Waals surface area contributed by atoms with Gasteiger partial charge in [-0.3, -0.25) is 14.4 Å². The van der Waals surface area contributed by atoms with E-state index in [9.17, 15) is 24.0 Å². The van der Waals surface area contributed by atoms with Crippen LogP contribution in [0.15, 0.2) is 0 Å². The lowest BCUT2D eigenvalue weighted by atomic mass is 10.1. The minimum atomic E-state index is -0.715. The first-order valence-electron chi connectivity index (χ1n) is 19.4. The van der Waals surface area contributed by atoms with Gasteiger partial charge in [0.2, 0.25) is 17.7 Å². The molecule has 19 heteroatoms. The van der Waals surface area contributed by atoms with Crippen molar-refractivity contribution in [1.29, 1.82) is 0 Å². The van der Waals surface area contributed by atoms with Crippen LogP contribution in [0.1, 0.15) is 83.5 Å². The number of primary amides is 2. The molecule has 19 nitrogen and oxygen atoms in total. The van der Waals surface area contributed by atoms with Gasteiger partial charge >= 0.3 is 12.2 Å². The Morgan fingerprint density at radius 3 is 1.69 bits per heavy atom. The number of likely N-dealkylation sites (N-methyl/N-ethyl adjacent to an activating group) is 1. The minimum absolute atomic E-state index is 0.144. The van der Waals surface area contributed by atoms with Crippen molar-refractivity contribution < 1.29 is 42.9 Å². The van der Waals surface area contributed by atoms with Crippen molar-refractivity contribution in [3.8, 4) is 0 Å². The molecule has 14 N–H and O–H groups in total. The summed E-state index contributed by atoms with van der Waals surface area (Å²) in [6, 6.07) is -1.64. The summed E-state index contributed by atoms with van der Waals surface area (Å²) in [6.45, 7) is 5.22. The van der Waals surface area contributed by atoms with Crippen LogP contribution in [0.5, 0.6) is 0 Å². The third-order valence-corrected chi connectivity index (χ3v) is 8.44. The zero-order valence-corrected chi connectivity index (χ0v) is 32.8. The molecule has 0 spiro atoms. The second-order valence-electron chi connectivity index (χ2n) is 13.0. The first-order valence-corrected chi connectivity index (χ1v) is 19.4. The molecule has 0 saturated heterocycles. The number of hydrogen-bond acceptors (Lipinski definition) is 14. The third kappa shape index (κ3) is 31.1. The van der Waals surface area contributed by atoms with Crippen molar-refractivity contribution in [1.82, 2.24) is 31.9 Å². The molecular formula is C35H72N10O9. The largest absolute Gasteiger partial charge is 0.447 e. The molecule has 316 valence electrons. The number of carbonyl (C=O) groups is 5. The van der Waals surface area contributed by atoms with E-state index >= 15 is 0 Å². The number of carbonyl (C=O) groups excluding carboxylic acids is 5. The normalized spacial score (nSPS) is 13.3. The maximum Gasteiger partial charge on any atom is 0.407 e. The lowest BCUT2D eigenvalue weighted by Crippen LogP contribution is -2.43. The molecular weight excluding hydrogens is 704 g/mol. The second kappa shape index (κ2) is 35.4. The molecule has 54 heavy (non-hydrogen) atoms. The highest BCUT2D eigenvalue weighted by atomic mass is 16.6. The molecule has 0 aliphatic rings. The molecule has 0 heterocycles. The average molecular weight is 777 g/mol. The van der Waals surface area contributed by atoms with Gasteiger partial charge in [-0.25, -0.2) is 9.59 Å². The topological polar surface area (TPSA) is 299 Å². The van der Waals surface area contributed by atoms with Gasteiger partial charge < -0.3 is 73.8 Å². The first kappa shape index (κ1) is 50.7. The van der Waals surface area contributed by atoms with Crippen molar-refractivity contribution in [2.75, 3.05) is 86.4 Å². The van der Waals surface area contributed by atoms with Gasteiger partial charge in [0.25, 0.3) is 0 Å². The zero-order valence-electron chi connectivity index (χ0n) is 32.8. The van der Waals surface area contributed by atoms with Crippen molar-refractivity contribution in [2.45, 2.75) is 108 Å². The molecule has 4 unspecified atom stereocenters. The Hall–Kier alpha value is -3.33. The highest BCUT2D eigenvalue weighted by Gasteiger charge is 2.16. The molecule has 0 fully saturated rings. The van der Waals surface area contributed by atoms with Crippen LogP contribution < -0.4 is 54.8 Å². The fourth-order valence-electron chi connectivity index (χ4n) is 5.18. The highest BCUT2D eigenvalue weighted by Crippen LogP contribution is 2.10. The molecule has 4 atom stereocenters. The Kier molecular flexibility index (Phi) is 33.2. The smallest absolute Gasteiger partial charge is 0.407 e. The molecule has 0 saturated carbocycles. The van der Waals surface area contributed by atoms with Crippen LogP contribution in [0, 0.1) is 0 Å². The van der Waals surface area contributed by atoms with E-state index in [1.165, 1.54) is 0 Å². The number of amides is 5. The number of alkyl carbamates (subject to hydrolysis) is 2. The Morgan fingerprint density at radius 1 is 0.556 bits per heavy atom. The Labute approximate surface area is 321 Å². The number of hydrogen-bond donors (Lipinski definition) is 10. The number of unbranched alkanes of at least 4 members (excludes halogenated alkanes) is 3. The van der Waals surface area contributed by atoms with E-state index in [0.29, 0.717) is 64.7 Å². The van der Waals surface area contributed by atoms with E-state index in [4.69, 9.17) is 41.9 Å². The van der Waals surface area contributed by atoms with E-state index < -0.39 is 30.2 Å². The second-order valence-corrected chi connectivity index (χ2v) is 13.0. The van der Waals surface area contributed by atoms with Crippen LogP contribution in [0.25, 0.3) is 0 Å². The lowest BCUT2D eigenvalue weighted by Gasteiger charge is -2.19. The minimum Gasteiger partial charge on any atom is -0.447 e. The number of rotatable bonds is 37. The van der Waals surface area contributed by atoms with Crippen molar-refractivity contribution >= 4 is 29.9 Å². The molecule has 0 bridgehead atoms. The summed E-state index contributed by atoms with van der Waals surface area (Å²) in [7, 11) is 3.30. The maximum absolute atomic E-state index is 12.6. The highest BCUT2D eigenvalue weighted by molar-refractivity contribution is 5.81. The monoisotopic (exact) mass is 777 g/mol. The summed E-state index contributed by atoms with van der Waals surface area (Å²) in [4.78, 5) is 59.1. The fraction of sp³-hybridized carbons (Fsp3) is 0.857. The van der Waals surface area contributed by atoms with E-state index in [0.717, 1.165) is 64.7 Å². The van der Waals surface area contributed by atoms with Crippen LogP contribution >= 0.6 is 0 Å². The molecule has 0 rings (SSSR count). The number of nitrogens with one attached hydrogen (secondary N) is 6. The van der Waals surface area contributed by atoms with Crippen molar-refractivity contribution in [2.24, 2.45) is 22.9 Å². The number of ether oxygens (including phenoxy) is 4. The van der Waals surface area contributed by atoms with Gasteiger partial charge in [-0.05, 0) is 104 Å². The zero-order chi connectivity index (χ0) is 40.2. The summed E-state index contributed by atoms with van der Waals surface area (Å²) < 4.78 is 20.8. The Bertz CT molecular complexity index is 999.